The summed E-state index contributed by atoms with van der Waals surface area (Å²) in [5, 5.41) is 29.6. The van der Waals surface area contributed by atoms with Gasteiger partial charge in [-0.15, -0.1) is 0 Å². The first-order valence-corrected chi connectivity index (χ1v) is 7.31. The molecule has 1 aliphatic heterocycles. The monoisotopic (exact) mass is 320 g/mol. The summed E-state index contributed by atoms with van der Waals surface area (Å²) in [6.45, 7) is 4.95. The van der Waals surface area contributed by atoms with Gasteiger partial charge in [-0.1, -0.05) is 20.8 Å². The van der Waals surface area contributed by atoms with Crippen molar-refractivity contribution in [2.45, 2.75) is 64.3 Å². The molecule has 0 amide bonds. The number of ether oxygens (including phenoxy) is 3. The van der Waals surface area contributed by atoms with Crippen molar-refractivity contribution in [1.29, 1.82) is 0 Å². The van der Waals surface area contributed by atoms with Gasteiger partial charge in [-0.3, -0.25) is 9.59 Å². The topological polar surface area (TPSA) is 123 Å². The van der Waals surface area contributed by atoms with Crippen molar-refractivity contribution in [2.24, 2.45) is 5.92 Å². The Balaban J connectivity index is 2.56. The molecule has 8 nitrogen and oxygen atoms in total. The van der Waals surface area contributed by atoms with Crippen LogP contribution in [0.25, 0.3) is 0 Å². The van der Waals surface area contributed by atoms with Gasteiger partial charge in [0.1, 0.15) is 24.9 Å². The van der Waals surface area contributed by atoms with E-state index in [9.17, 15) is 24.9 Å². The first-order valence-electron chi connectivity index (χ1n) is 7.31. The van der Waals surface area contributed by atoms with Crippen LogP contribution in [0.1, 0.15) is 33.6 Å². The van der Waals surface area contributed by atoms with Crippen LogP contribution in [-0.2, 0) is 23.8 Å². The van der Waals surface area contributed by atoms with Crippen molar-refractivity contribution < 1.29 is 39.1 Å². The second-order valence-electron chi connectivity index (χ2n) is 5.64. The van der Waals surface area contributed by atoms with Crippen LogP contribution < -0.4 is 0 Å². The van der Waals surface area contributed by atoms with Crippen LogP contribution in [0.2, 0.25) is 0 Å². The molecule has 8 heteroatoms. The van der Waals surface area contributed by atoms with E-state index in [-0.39, 0.29) is 25.4 Å². The fraction of sp³-hybridized carbons (Fsp3) is 0.857. The van der Waals surface area contributed by atoms with Crippen molar-refractivity contribution in [2.75, 3.05) is 6.61 Å². The van der Waals surface area contributed by atoms with Crippen LogP contribution in [0.4, 0.5) is 0 Å². The first-order chi connectivity index (χ1) is 10.3. The van der Waals surface area contributed by atoms with Crippen LogP contribution in [0.15, 0.2) is 0 Å². The summed E-state index contributed by atoms with van der Waals surface area (Å²) >= 11 is 0. The quantitative estimate of drug-likeness (QED) is 0.551. The van der Waals surface area contributed by atoms with Gasteiger partial charge in [0.15, 0.2) is 12.4 Å². The lowest BCUT2D eigenvalue weighted by molar-refractivity contribution is -0.291. The molecule has 5 unspecified atom stereocenters. The van der Waals surface area contributed by atoms with Crippen LogP contribution in [0, 0.1) is 5.92 Å². The van der Waals surface area contributed by atoms with E-state index in [1.54, 1.807) is 6.92 Å². The first kappa shape index (κ1) is 18.8. The number of hydrogen-bond acceptors (Lipinski definition) is 8. The second-order valence-corrected chi connectivity index (χ2v) is 5.64. The number of esters is 2. The van der Waals surface area contributed by atoms with Gasteiger partial charge in [0.25, 0.3) is 0 Å². The molecule has 22 heavy (non-hydrogen) atoms. The summed E-state index contributed by atoms with van der Waals surface area (Å²) in [6.07, 6.45) is -6.81. The van der Waals surface area contributed by atoms with Crippen molar-refractivity contribution in [3.63, 3.8) is 0 Å². The van der Waals surface area contributed by atoms with Gasteiger partial charge in [0.2, 0.25) is 0 Å². The average Bonchev–Trinajstić information content (AvgIpc) is 2.44. The fourth-order valence-electron chi connectivity index (χ4n) is 1.99. The lowest BCUT2D eigenvalue weighted by atomic mass is 9.99. The van der Waals surface area contributed by atoms with Gasteiger partial charge in [-0.05, 0) is 5.92 Å². The van der Waals surface area contributed by atoms with Gasteiger partial charge in [0.05, 0.1) is 0 Å². The zero-order valence-corrected chi connectivity index (χ0v) is 13.0. The molecule has 1 rings (SSSR count). The van der Waals surface area contributed by atoms with Crippen LogP contribution in [0.5, 0.6) is 0 Å². The number of hydrogen-bond donors (Lipinski definition) is 3. The molecule has 0 aromatic carbocycles. The SMILES string of the molecule is CCC(=O)OC1C(O)OC(COC(=O)CC(C)C)C(O)C1O. The Morgan fingerprint density at radius 3 is 2.32 bits per heavy atom. The van der Waals surface area contributed by atoms with E-state index < -0.39 is 42.6 Å². The molecule has 128 valence electrons. The van der Waals surface area contributed by atoms with Gasteiger partial charge in [-0.25, -0.2) is 0 Å². The summed E-state index contributed by atoms with van der Waals surface area (Å²) in [7, 11) is 0. The number of aliphatic hydroxyl groups excluding tert-OH is 3. The number of rotatable bonds is 6. The van der Waals surface area contributed by atoms with Crippen LogP contribution >= 0.6 is 0 Å². The number of aliphatic hydroxyl groups is 3. The Labute approximate surface area is 129 Å². The minimum Gasteiger partial charge on any atom is -0.463 e. The highest BCUT2D eigenvalue weighted by Gasteiger charge is 2.46. The molecule has 3 N–H and O–H groups in total. The van der Waals surface area contributed by atoms with Crippen molar-refractivity contribution in [3.8, 4) is 0 Å². The highest BCUT2D eigenvalue weighted by Crippen LogP contribution is 2.23. The zero-order valence-electron chi connectivity index (χ0n) is 13.0. The predicted molar refractivity (Wildman–Crippen MR) is 73.5 cm³/mol. The Morgan fingerprint density at radius 1 is 1.14 bits per heavy atom. The van der Waals surface area contributed by atoms with Gasteiger partial charge in [-0.2, -0.15) is 0 Å². The molecule has 0 saturated carbocycles. The van der Waals surface area contributed by atoms with E-state index in [0.717, 1.165) is 0 Å². The van der Waals surface area contributed by atoms with Crippen molar-refractivity contribution >= 4 is 11.9 Å². The Morgan fingerprint density at radius 2 is 1.77 bits per heavy atom. The molecule has 1 fully saturated rings. The van der Waals surface area contributed by atoms with Crippen molar-refractivity contribution in [1.82, 2.24) is 0 Å². The van der Waals surface area contributed by atoms with Crippen LogP contribution in [0.3, 0.4) is 0 Å². The Bertz CT molecular complexity index is 383. The summed E-state index contributed by atoms with van der Waals surface area (Å²) in [5.74, 6) is -0.978. The van der Waals surface area contributed by atoms with E-state index in [2.05, 4.69) is 0 Å². The second kappa shape index (κ2) is 8.42. The molecule has 1 aliphatic rings. The molecule has 0 spiro atoms. The maximum absolute atomic E-state index is 11.5. The average molecular weight is 320 g/mol. The third-order valence-electron chi connectivity index (χ3n) is 3.20. The molecule has 1 saturated heterocycles. The van der Waals surface area contributed by atoms with E-state index in [0.29, 0.717) is 0 Å². The standard InChI is InChI=1S/C14H24O8/c1-4-9(15)22-13-12(18)11(17)8(21-14(13)19)6-20-10(16)5-7(2)3/h7-8,11-14,17-19H,4-6H2,1-3H3. The fourth-order valence-corrected chi connectivity index (χ4v) is 1.99. The normalized spacial score (nSPS) is 31.9. The molecule has 1 heterocycles. The molecule has 0 aromatic heterocycles. The molecule has 0 radical (unpaired) electrons. The third kappa shape index (κ3) is 5.20. The maximum Gasteiger partial charge on any atom is 0.306 e. The molecular formula is C14H24O8. The maximum atomic E-state index is 11.5. The molecule has 0 aromatic rings. The number of carbonyl (C=O) groups is 2. The van der Waals surface area contributed by atoms with E-state index in [4.69, 9.17) is 14.2 Å². The summed E-state index contributed by atoms with van der Waals surface area (Å²) in [5.41, 5.74) is 0. The van der Waals surface area contributed by atoms with Crippen molar-refractivity contribution in [3.05, 3.63) is 0 Å². The van der Waals surface area contributed by atoms with E-state index >= 15 is 0 Å². The minimum atomic E-state index is -1.61. The Kier molecular flexibility index (Phi) is 7.21. The Hall–Kier alpha value is -1.22. The minimum absolute atomic E-state index is 0.0578. The summed E-state index contributed by atoms with van der Waals surface area (Å²) < 4.78 is 14.8. The zero-order chi connectivity index (χ0) is 16.9. The largest absolute Gasteiger partial charge is 0.463 e. The van der Waals surface area contributed by atoms with Gasteiger partial charge >= 0.3 is 11.9 Å². The molecular weight excluding hydrogens is 296 g/mol. The summed E-state index contributed by atoms with van der Waals surface area (Å²) in [6, 6.07) is 0. The number of carbonyl (C=O) groups excluding carboxylic acids is 2. The highest BCUT2D eigenvalue weighted by molar-refractivity contribution is 5.69. The lowest BCUT2D eigenvalue weighted by Crippen LogP contribution is -2.60. The molecule has 5 atom stereocenters. The summed E-state index contributed by atoms with van der Waals surface area (Å²) in [4.78, 5) is 22.7. The lowest BCUT2D eigenvalue weighted by Gasteiger charge is -2.39. The third-order valence-corrected chi connectivity index (χ3v) is 3.20. The molecule has 0 bridgehead atoms. The molecule has 0 aliphatic carbocycles. The predicted octanol–water partition coefficient (Wildman–Crippen LogP) is -0.663. The van der Waals surface area contributed by atoms with E-state index in [1.807, 2.05) is 13.8 Å². The van der Waals surface area contributed by atoms with Gasteiger partial charge in [0, 0.05) is 12.8 Å². The van der Waals surface area contributed by atoms with E-state index in [1.165, 1.54) is 0 Å². The highest BCUT2D eigenvalue weighted by atomic mass is 16.7. The van der Waals surface area contributed by atoms with Crippen LogP contribution in [-0.4, -0.2) is 64.6 Å². The smallest absolute Gasteiger partial charge is 0.306 e. The van der Waals surface area contributed by atoms with Gasteiger partial charge < -0.3 is 29.5 Å².